The molecule has 1 rings (SSSR count). The fraction of sp³-hybridized carbons (Fsp3) is 0.417. The Labute approximate surface area is 122 Å². The number of unbranched alkanes of at least 4 members (excludes halogenated alkanes) is 1. The Kier molecular flexibility index (Phi) is 5.79. The third-order valence-corrected chi connectivity index (χ3v) is 4.46. The SMILES string of the molecule is Cc1c([N+](=O)[O-])cccc1S(=O)(=O)NCCCCC(=O)O. The van der Waals surface area contributed by atoms with E-state index in [1.165, 1.54) is 25.1 Å². The van der Waals surface area contributed by atoms with E-state index in [0.717, 1.165) is 0 Å². The van der Waals surface area contributed by atoms with Crippen LogP contribution in [0.4, 0.5) is 5.69 Å². The van der Waals surface area contributed by atoms with Crippen molar-refractivity contribution in [3.8, 4) is 0 Å². The van der Waals surface area contributed by atoms with Gasteiger partial charge in [-0.25, -0.2) is 13.1 Å². The van der Waals surface area contributed by atoms with E-state index < -0.39 is 20.9 Å². The number of nitrogens with zero attached hydrogens (tertiary/aromatic N) is 1. The summed E-state index contributed by atoms with van der Waals surface area (Å²) in [4.78, 5) is 20.3. The number of benzene rings is 1. The summed E-state index contributed by atoms with van der Waals surface area (Å²) in [7, 11) is -3.85. The first kappa shape index (κ1) is 17.1. The molecule has 116 valence electrons. The van der Waals surface area contributed by atoms with E-state index in [9.17, 15) is 23.3 Å². The normalized spacial score (nSPS) is 11.3. The van der Waals surface area contributed by atoms with Gasteiger partial charge in [0.1, 0.15) is 0 Å². The predicted octanol–water partition coefficient (Wildman–Crippen LogP) is 1.44. The van der Waals surface area contributed by atoms with Crippen molar-refractivity contribution in [1.29, 1.82) is 0 Å². The van der Waals surface area contributed by atoms with Crippen molar-refractivity contribution in [3.63, 3.8) is 0 Å². The Morgan fingerprint density at radius 2 is 2.05 bits per heavy atom. The summed E-state index contributed by atoms with van der Waals surface area (Å²) in [6, 6.07) is 3.84. The van der Waals surface area contributed by atoms with Crippen molar-refractivity contribution in [2.45, 2.75) is 31.1 Å². The Bertz CT molecular complexity index is 641. The standard InChI is InChI=1S/C12H16N2O6S/c1-9-10(14(17)18)5-4-6-11(9)21(19,20)13-8-3-2-7-12(15)16/h4-6,13H,2-3,7-8H2,1H3,(H,15,16). The first-order valence-corrected chi connectivity index (χ1v) is 7.69. The van der Waals surface area contributed by atoms with E-state index in [1.807, 2.05) is 0 Å². The van der Waals surface area contributed by atoms with Gasteiger partial charge < -0.3 is 5.11 Å². The second-order valence-electron chi connectivity index (χ2n) is 4.41. The van der Waals surface area contributed by atoms with E-state index in [0.29, 0.717) is 12.8 Å². The van der Waals surface area contributed by atoms with Gasteiger partial charge in [0.2, 0.25) is 10.0 Å². The van der Waals surface area contributed by atoms with Gasteiger partial charge in [0.05, 0.1) is 9.82 Å². The van der Waals surface area contributed by atoms with Crippen LogP contribution in [0.5, 0.6) is 0 Å². The monoisotopic (exact) mass is 316 g/mol. The first-order valence-electron chi connectivity index (χ1n) is 6.21. The maximum Gasteiger partial charge on any atom is 0.303 e. The summed E-state index contributed by atoms with van der Waals surface area (Å²) in [5.74, 6) is -0.938. The minimum absolute atomic E-state index is 0.0302. The minimum atomic E-state index is -3.85. The van der Waals surface area contributed by atoms with Crippen LogP contribution >= 0.6 is 0 Å². The van der Waals surface area contributed by atoms with Gasteiger partial charge in [-0.2, -0.15) is 0 Å². The number of rotatable bonds is 8. The molecule has 1 aromatic carbocycles. The number of hydrogen-bond acceptors (Lipinski definition) is 5. The largest absolute Gasteiger partial charge is 0.481 e. The third-order valence-electron chi connectivity index (χ3n) is 2.85. The van der Waals surface area contributed by atoms with Gasteiger partial charge in [0.15, 0.2) is 0 Å². The second-order valence-corrected chi connectivity index (χ2v) is 6.14. The Morgan fingerprint density at radius 3 is 2.62 bits per heavy atom. The number of carboxylic acid groups (broad SMARTS) is 1. The zero-order valence-electron chi connectivity index (χ0n) is 11.4. The van der Waals surface area contributed by atoms with Crippen LogP contribution in [-0.4, -0.2) is 31.0 Å². The van der Waals surface area contributed by atoms with Crippen molar-refractivity contribution in [3.05, 3.63) is 33.9 Å². The van der Waals surface area contributed by atoms with Crippen LogP contribution in [0.3, 0.4) is 0 Å². The lowest BCUT2D eigenvalue weighted by atomic mass is 10.2. The quantitative estimate of drug-likeness (QED) is 0.424. The number of sulfonamides is 1. The average molecular weight is 316 g/mol. The van der Waals surface area contributed by atoms with E-state index >= 15 is 0 Å². The number of hydrogen-bond donors (Lipinski definition) is 2. The minimum Gasteiger partial charge on any atom is -0.481 e. The summed E-state index contributed by atoms with van der Waals surface area (Å²) < 4.78 is 26.5. The van der Waals surface area contributed by atoms with Crippen LogP contribution in [0.2, 0.25) is 0 Å². The van der Waals surface area contributed by atoms with Gasteiger partial charge >= 0.3 is 5.97 Å². The number of aliphatic carboxylic acids is 1. The summed E-state index contributed by atoms with van der Waals surface area (Å²) in [5.41, 5.74) is -0.190. The number of carboxylic acids is 1. The van der Waals surface area contributed by atoms with Crippen molar-refractivity contribution in [1.82, 2.24) is 4.72 Å². The maximum atomic E-state index is 12.1. The lowest BCUT2D eigenvalue weighted by molar-refractivity contribution is -0.385. The summed E-state index contributed by atoms with van der Waals surface area (Å²) in [6.45, 7) is 1.45. The molecule has 0 saturated carbocycles. The molecular weight excluding hydrogens is 300 g/mol. The van der Waals surface area contributed by atoms with Crippen LogP contribution in [0.15, 0.2) is 23.1 Å². The van der Waals surface area contributed by atoms with E-state index in [2.05, 4.69) is 4.72 Å². The maximum absolute atomic E-state index is 12.1. The Hall–Kier alpha value is -2.00. The molecule has 9 heteroatoms. The van der Waals surface area contributed by atoms with Crippen LogP contribution in [0, 0.1) is 17.0 Å². The lowest BCUT2D eigenvalue weighted by Gasteiger charge is -2.09. The second kappa shape index (κ2) is 7.14. The highest BCUT2D eigenvalue weighted by Gasteiger charge is 2.22. The van der Waals surface area contributed by atoms with Crippen molar-refractivity contribution in [2.24, 2.45) is 0 Å². The smallest absolute Gasteiger partial charge is 0.303 e. The van der Waals surface area contributed by atoms with E-state index in [-0.39, 0.29) is 29.1 Å². The molecule has 8 nitrogen and oxygen atoms in total. The van der Waals surface area contributed by atoms with Crippen molar-refractivity contribution >= 4 is 21.7 Å². The van der Waals surface area contributed by atoms with Crippen molar-refractivity contribution < 1.29 is 23.2 Å². The molecule has 0 aliphatic rings. The fourth-order valence-corrected chi connectivity index (χ4v) is 3.11. The third kappa shape index (κ3) is 4.80. The average Bonchev–Trinajstić information content (AvgIpc) is 2.37. The van der Waals surface area contributed by atoms with Gasteiger partial charge in [0, 0.05) is 24.6 Å². The molecule has 1 aromatic rings. The predicted molar refractivity (Wildman–Crippen MR) is 74.5 cm³/mol. The number of carbonyl (C=O) groups is 1. The molecule has 0 amide bonds. The molecule has 0 unspecified atom stereocenters. The Balaban J connectivity index is 2.77. The van der Waals surface area contributed by atoms with Crippen molar-refractivity contribution in [2.75, 3.05) is 6.54 Å². The molecule has 0 aliphatic carbocycles. The molecule has 0 fully saturated rings. The van der Waals surface area contributed by atoms with E-state index in [4.69, 9.17) is 5.11 Å². The summed E-state index contributed by atoms with van der Waals surface area (Å²) in [6.07, 6.45) is 0.697. The molecule has 0 radical (unpaired) electrons. The molecule has 0 heterocycles. The number of nitro benzene ring substituents is 1. The molecule has 0 spiro atoms. The van der Waals surface area contributed by atoms with Crippen LogP contribution in [0.1, 0.15) is 24.8 Å². The lowest BCUT2D eigenvalue weighted by Crippen LogP contribution is -2.25. The molecule has 0 saturated heterocycles. The zero-order chi connectivity index (χ0) is 16.0. The molecule has 0 atom stereocenters. The van der Waals surface area contributed by atoms with E-state index in [1.54, 1.807) is 0 Å². The molecule has 0 aliphatic heterocycles. The highest BCUT2D eigenvalue weighted by atomic mass is 32.2. The highest BCUT2D eigenvalue weighted by Crippen LogP contribution is 2.24. The number of nitro groups is 1. The van der Waals surface area contributed by atoms with Gasteiger partial charge in [-0.15, -0.1) is 0 Å². The van der Waals surface area contributed by atoms with Gasteiger partial charge in [-0.05, 0) is 25.8 Å². The van der Waals surface area contributed by atoms with Crippen LogP contribution in [-0.2, 0) is 14.8 Å². The molecule has 0 bridgehead atoms. The van der Waals surface area contributed by atoms with Gasteiger partial charge in [0.25, 0.3) is 5.69 Å². The summed E-state index contributed by atoms with van der Waals surface area (Å²) >= 11 is 0. The topological polar surface area (TPSA) is 127 Å². The zero-order valence-corrected chi connectivity index (χ0v) is 12.2. The highest BCUT2D eigenvalue weighted by molar-refractivity contribution is 7.89. The van der Waals surface area contributed by atoms with Gasteiger partial charge in [-0.1, -0.05) is 6.07 Å². The fourth-order valence-electron chi connectivity index (χ4n) is 1.78. The Morgan fingerprint density at radius 1 is 1.38 bits per heavy atom. The number of nitrogens with one attached hydrogen (secondary N) is 1. The van der Waals surface area contributed by atoms with Gasteiger partial charge in [-0.3, -0.25) is 14.9 Å². The van der Waals surface area contributed by atoms with Crippen LogP contribution in [0.25, 0.3) is 0 Å². The molecule has 21 heavy (non-hydrogen) atoms. The molecule has 0 aromatic heterocycles. The first-order chi connectivity index (χ1) is 9.75. The molecule has 2 N–H and O–H groups in total. The molecular formula is C12H16N2O6S. The summed E-state index contributed by atoms with van der Waals surface area (Å²) in [5, 5.41) is 19.3. The van der Waals surface area contributed by atoms with Crippen LogP contribution < -0.4 is 4.72 Å².